The number of carbonyl (C=O) groups excluding carboxylic acids is 2. The first kappa shape index (κ1) is 22.4. The molecule has 0 aliphatic carbocycles. The Balaban J connectivity index is 1.67. The van der Waals surface area contributed by atoms with Gasteiger partial charge in [-0.1, -0.05) is 50.6 Å². The van der Waals surface area contributed by atoms with E-state index in [9.17, 15) is 9.59 Å². The summed E-state index contributed by atoms with van der Waals surface area (Å²) < 4.78 is 0. The molecule has 5 heteroatoms. The summed E-state index contributed by atoms with van der Waals surface area (Å²) in [5.74, 6) is 1.09. The number of nitrogens with zero attached hydrogens (tertiary/aromatic N) is 1. The van der Waals surface area contributed by atoms with Crippen molar-refractivity contribution < 1.29 is 9.59 Å². The van der Waals surface area contributed by atoms with Gasteiger partial charge in [-0.15, -0.1) is 0 Å². The van der Waals surface area contributed by atoms with E-state index in [4.69, 9.17) is 0 Å². The van der Waals surface area contributed by atoms with Crippen LogP contribution in [0.2, 0.25) is 0 Å². The summed E-state index contributed by atoms with van der Waals surface area (Å²) >= 11 is 0. The molecular formula is C23H37N3O2. The Hall–Kier alpha value is -1.88. The third kappa shape index (κ3) is 7.63. The van der Waals surface area contributed by atoms with Crippen molar-refractivity contribution in [3.8, 4) is 0 Å². The minimum Gasteiger partial charge on any atom is -0.353 e. The van der Waals surface area contributed by atoms with Crippen molar-refractivity contribution in [3.05, 3.63) is 35.4 Å². The maximum absolute atomic E-state index is 12.2. The van der Waals surface area contributed by atoms with E-state index in [1.165, 1.54) is 18.4 Å². The summed E-state index contributed by atoms with van der Waals surface area (Å²) in [6, 6.07) is 8.54. The highest BCUT2D eigenvalue weighted by atomic mass is 16.2. The average molecular weight is 388 g/mol. The van der Waals surface area contributed by atoms with Crippen molar-refractivity contribution in [3.63, 3.8) is 0 Å². The summed E-state index contributed by atoms with van der Waals surface area (Å²) in [6.07, 6.45) is 3.55. The van der Waals surface area contributed by atoms with E-state index in [0.29, 0.717) is 31.3 Å². The molecule has 1 unspecified atom stereocenters. The number of hydrogen-bond donors (Lipinski definition) is 2. The fraction of sp³-hybridized carbons (Fsp3) is 0.652. The molecule has 1 heterocycles. The van der Waals surface area contributed by atoms with Crippen molar-refractivity contribution in [2.24, 2.45) is 11.8 Å². The van der Waals surface area contributed by atoms with Gasteiger partial charge in [-0.25, -0.2) is 0 Å². The third-order valence-corrected chi connectivity index (χ3v) is 5.77. The molecule has 1 aromatic rings. The number of likely N-dealkylation sites (tertiary alicyclic amines) is 1. The van der Waals surface area contributed by atoms with Gasteiger partial charge >= 0.3 is 0 Å². The molecule has 0 aromatic heterocycles. The van der Waals surface area contributed by atoms with Gasteiger partial charge in [-0.3, -0.25) is 14.5 Å². The van der Waals surface area contributed by atoms with Crippen molar-refractivity contribution in [2.75, 3.05) is 26.2 Å². The molecule has 0 radical (unpaired) electrons. The first-order valence-electron chi connectivity index (χ1n) is 10.7. The minimum absolute atomic E-state index is 0.0502. The van der Waals surface area contributed by atoms with Crippen LogP contribution in [-0.4, -0.2) is 48.9 Å². The van der Waals surface area contributed by atoms with Crippen LogP contribution in [0.3, 0.4) is 0 Å². The lowest BCUT2D eigenvalue weighted by Gasteiger charge is -2.38. The largest absolute Gasteiger partial charge is 0.353 e. The van der Waals surface area contributed by atoms with Crippen LogP contribution in [0.1, 0.15) is 51.2 Å². The molecule has 0 saturated carbocycles. The van der Waals surface area contributed by atoms with Crippen molar-refractivity contribution in [1.29, 1.82) is 0 Å². The number of piperidine rings is 1. The number of benzene rings is 1. The van der Waals surface area contributed by atoms with Crippen LogP contribution >= 0.6 is 0 Å². The second-order valence-electron chi connectivity index (χ2n) is 8.60. The second-order valence-corrected chi connectivity index (χ2v) is 8.60. The standard InChI is InChI=1S/C23H37N3O2/c1-17(2)21(26-13-11-19(4)12-14-26)15-24-23(28)16-25-22(27)10-9-20-7-5-18(3)6-8-20/h5-8,17,19,21H,9-16H2,1-4H3,(H,24,28)(H,25,27). The van der Waals surface area contributed by atoms with Crippen LogP contribution in [0.4, 0.5) is 0 Å². The molecule has 5 nitrogen and oxygen atoms in total. The van der Waals surface area contributed by atoms with E-state index in [1.807, 2.05) is 19.1 Å². The molecule has 1 aliphatic rings. The first-order valence-corrected chi connectivity index (χ1v) is 10.7. The molecule has 0 spiro atoms. The zero-order chi connectivity index (χ0) is 20.5. The maximum atomic E-state index is 12.2. The number of aryl methyl sites for hydroxylation is 2. The Kier molecular flexibility index (Phi) is 8.97. The van der Waals surface area contributed by atoms with Crippen molar-refractivity contribution in [1.82, 2.24) is 15.5 Å². The molecule has 28 heavy (non-hydrogen) atoms. The summed E-state index contributed by atoms with van der Waals surface area (Å²) in [7, 11) is 0. The van der Waals surface area contributed by atoms with Crippen molar-refractivity contribution >= 4 is 11.8 Å². The second kappa shape index (κ2) is 11.2. The van der Waals surface area contributed by atoms with Crippen LogP contribution < -0.4 is 10.6 Å². The van der Waals surface area contributed by atoms with Gasteiger partial charge in [0.1, 0.15) is 0 Å². The molecule has 1 atom stereocenters. The lowest BCUT2D eigenvalue weighted by atomic mass is 9.94. The van der Waals surface area contributed by atoms with E-state index in [1.54, 1.807) is 0 Å². The molecule has 2 amide bonds. The quantitative estimate of drug-likeness (QED) is 0.685. The van der Waals surface area contributed by atoms with Crippen LogP contribution in [0.5, 0.6) is 0 Å². The van der Waals surface area contributed by atoms with Gasteiger partial charge in [0.05, 0.1) is 6.54 Å². The topological polar surface area (TPSA) is 61.4 Å². The maximum Gasteiger partial charge on any atom is 0.239 e. The highest BCUT2D eigenvalue weighted by Crippen LogP contribution is 2.21. The SMILES string of the molecule is Cc1ccc(CCC(=O)NCC(=O)NCC(C(C)C)N2CCC(C)CC2)cc1. The van der Waals surface area contributed by atoms with E-state index in [-0.39, 0.29) is 18.4 Å². The predicted octanol–water partition coefficient (Wildman–Crippen LogP) is 2.92. The summed E-state index contributed by atoms with van der Waals surface area (Å²) in [6.45, 7) is 11.7. The van der Waals surface area contributed by atoms with E-state index in [0.717, 1.165) is 24.6 Å². The lowest BCUT2D eigenvalue weighted by molar-refractivity contribution is -0.126. The zero-order valence-electron chi connectivity index (χ0n) is 18.0. The number of amides is 2. The average Bonchev–Trinajstić information content (AvgIpc) is 2.67. The monoisotopic (exact) mass is 387 g/mol. The Morgan fingerprint density at radius 3 is 2.32 bits per heavy atom. The molecular weight excluding hydrogens is 350 g/mol. The highest BCUT2D eigenvalue weighted by molar-refractivity contribution is 5.84. The van der Waals surface area contributed by atoms with Crippen LogP contribution in [-0.2, 0) is 16.0 Å². The Bertz CT molecular complexity index is 619. The van der Waals surface area contributed by atoms with Crippen LogP contribution in [0.15, 0.2) is 24.3 Å². The minimum atomic E-state index is -0.111. The smallest absolute Gasteiger partial charge is 0.239 e. The summed E-state index contributed by atoms with van der Waals surface area (Å²) in [5.41, 5.74) is 2.35. The van der Waals surface area contributed by atoms with Gasteiger partial charge in [0, 0.05) is 19.0 Å². The van der Waals surface area contributed by atoms with Gasteiger partial charge in [-0.05, 0) is 56.7 Å². The summed E-state index contributed by atoms with van der Waals surface area (Å²) in [4.78, 5) is 26.7. The fourth-order valence-corrected chi connectivity index (χ4v) is 3.71. The summed E-state index contributed by atoms with van der Waals surface area (Å²) in [5, 5.41) is 5.75. The molecule has 1 aromatic carbocycles. The molecule has 2 N–H and O–H groups in total. The molecule has 2 rings (SSSR count). The molecule has 156 valence electrons. The van der Waals surface area contributed by atoms with E-state index < -0.39 is 0 Å². The molecule has 1 fully saturated rings. The molecule has 0 bridgehead atoms. The van der Waals surface area contributed by atoms with Gasteiger partial charge < -0.3 is 10.6 Å². The Labute approximate surface area is 170 Å². The van der Waals surface area contributed by atoms with Crippen LogP contribution in [0, 0.1) is 18.8 Å². The predicted molar refractivity (Wildman–Crippen MR) is 114 cm³/mol. The number of carbonyl (C=O) groups is 2. The number of rotatable bonds is 9. The molecule has 1 aliphatic heterocycles. The number of nitrogens with one attached hydrogen (secondary N) is 2. The van der Waals surface area contributed by atoms with E-state index in [2.05, 4.69) is 48.4 Å². The first-order chi connectivity index (χ1) is 13.3. The third-order valence-electron chi connectivity index (χ3n) is 5.77. The van der Waals surface area contributed by atoms with Gasteiger partial charge in [0.15, 0.2) is 0 Å². The fourth-order valence-electron chi connectivity index (χ4n) is 3.71. The van der Waals surface area contributed by atoms with E-state index >= 15 is 0 Å². The van der Waals surface area contributed by atoms with Gasteiger partial charge in [-0.2, -0.15) is 0 Å². The van der Waals surface area contributed by atoms with Gasteiger partial charge in [0.25, 0.3) is 0 Å². The van der Waals surface area contributed by atoms with Crippen molar-refractivity contribution in [2.45, 2.75) is 59.4 Å². The van der Waals surface area contributed by atoms with Crippen LogP contribution in [0.25, 0.3) is 0 Å². The highest BCUT2D eigenvalue weighted by Gasteiger charge is 2.25. The Morgan fingerprint density at radius 2 is 1.71 bits per heavy atom. The normalized spacial score (nSPS) is 16.8. The van der Waals surface area contributed by atoms with Gasteiger partial charge in [0.2, 0.25) is 11.8 Å². The number of hydrogen-bond acceptors (Lipinski definition) is 3. The zero-order valence-corrected chi connectivity index (χ0v) is 18.0. The molecule has 1 saturated heterocycles. The Morgan fingerprint density at radius 1 is 1.07 bits per heavy atom. The lowest BCUT2D eigenvalue weighted by Crippen LogP contribution is -2.50.